The molecule has 0 saturated carbocycles. The highest BCUT2D eigenvalue weighted by atomic mass is 16.5. The lowest BCUT2D eigenvalue weighted by Gasteiger charge is -2.34. The number of hydrogen-bond acceptors (Lipinski definition) is 6. The van der Waals surface area contributed by atoms with Crippen LogP contribution in [0.3, 0.4) is 0 Å². The second-order valence-corrected chi connectivity index (χ2v) is 6.25. The average molecular weight is 349 g/mol. The van der Waals surface area contributed by atoms with Crippen LogP contribution in [0.2, 0.25) is 0 Å². The van der Waals surface area contributed by atoms with Crippen LogP contribution < -0.4 is 5.73 Å². The molecule has 26 heavy (non-hydrogen) atoms. The fourth-order valence-corrected chi connectivity index (χ4v) is 3.34. The van der Waals surface area contributed by atoms with Gasteiger partial charge >= 0.3 is 0 Å². The van der Waals surface area contributed by atoms with Gasteiger partial charge in [-0.3, -0.25) is 9.79 Å². The summed E-state index contributed by atoms with van der Waals surface area (Å²) in [5.74, 6) is 0.386. The molecule has 0 aliphatic carbocycles. The Hall–Kier alpha value is -3.17. The minimum absolute atomic E-state index is 0.269. The number of aliphatic imine (C=N–C) groups is 1. The second-order valence-electron chi connectivity index (χ2n) is 6.25. The maximum Gasteiger partial charge on any atom is 0.294 e. The normalized spacial score (nSPS) is 20.5. The van der Waals surface area contributed by atoms with Crippen LogP contribution in [0.1, 0.15) is 24.2 Å². The smallest absolute Gasteiger partial charge is 0.294 e. The maximum absolute atomic E-state index is 10.9. The first kappa shape index (κ1) is 17.6. The summed E-state index contributed by atoms with van der Waals surface area (Å²) in [5, 5.41) is 9.51. The number of carbonyl (C=O) groups is 1. The van der Waals surface area contributed by atoms with Gasteiger partial charge in [0.1, 0.15) is 24.1 Å². The van der Waals surface area contributed by atoms with E-state index in [1.165, 1.54) is 0 Å². The first-order valence-corrected chi connectivity index (χ1v) is 8.18. The van der Waals surface area contributed by atoms with Crippen LogP contribution in [-0.2, 0) is 19.8 Å². The number of ether oxygens (including phenoxy) is 2. The highest BCUT2D eigenvalue weighted by molar-refractivity contribution is 5.83. The van der Waals surface area contributed by atoms with Crippen molar-refractivity contribution < 1.29 is 14.3 Å². The summed E-state index contributed by atoms with van der Waals surface area (Å²) in [4.78, 5) is 15.5. The quantitative estimate of drug-likeness (QED) is 0.837. The molecule has 0 bridgehead atoms. The van der Waals surface area contributed by atoms with E-state index in [4.69, 9.17) is 15.2 Å². The van der Waals surface area contributed by atoms with Crippen LogP contribution in [0.5, 0.6) is 0 Å². The summed E-state index contributed by atoms with van der Waals surface area (Å²) < 4.78 is 10.6. The Labute approximate surface area is 151 Å². The lowest BCUT2D eigenvalue weighted by atomic mass is 9.81. The number of nitriles is 1. The van der Waals surface area contributed by atoms with E-state index in [0.29, 0.717) is 18.0 Å². The van der Waals surface area contributed by atoms with Crippen molar-refractivity contribution in [3.8, 4) is 17.2 Å². The number of nitrogens with two attached hydrogens (primary N) is 1. The Kier molecular flexibility index (Phi) is 5.01. The molecule has 0 spiro atoms. The van der Waals surface area contributed by atoms with E-state index in [1.54, 1.807) is 6.07 Å². The molecule has 1 aliphatic rings. The number of amidine groups is 1. The zero-order valence-electron chi connectivity index (χ0n) is 14.4. The van der Waals surface area contributed by atoms with E-state index in [9.17, 15) is 10.1 Å². The molecule has 0 aromatic heterocycles. The molecule has 0 fully saturated rings. The third-order valence-electron chi connectivity index (χ3n) is 4.33. The van der Waals surface area contributed by atoms with Gasteiger partial charge in [0, 0.05) is 5.56 Å². The largest absolute Gasteiger partial charge is 0.444 e. The van der Waals surface area contributed by atoms with Crippen LogP contribution in [0, 0.1) is 11.3 Å². The number of rotatable bonds is 5. The molecule has 3 rings (SSSR count). The van der Waals surface area contributed by atoms with Crippen molar-refractivity contribution in [2.24, 2.45) is 10.7 Å². The van der Waals surface area contributed by atoms with Gasteiger partial charge in [-0.05, 0) is 23.6 Å². The number of benzene rings is 2. The molecule has 6 heteroatoms. The van der Waals surface area contributed by atoms with E-state index >= 15 is 0 Å². The Morgan fingerprint density at radius 1 is 1.31 bits per heavy atom. The average Bonchev–Trinajstić information content (AvgIpc) is 2.66. The molecule has 1 aliphatic heterocycles. The van der Waals surface area contributed by atoms with Crippen molar-refractivity contribution in [3.05, 3.63) is 59.7 Å². The van der Waals surface area contributed by atoms with Gasteiger partial charge in [-0.2, -0.15) is 5.26 Å². The van der Waals surface area contributed by atoms with Gasteiger partial charge < -0.3 is 15.2 Å². The number of hydrogen-bond donors (Lipinski definition) is 1. The lowest BCUT2D eigenvalue weighted by Crippen LogP contribution is -2.38. The molecule has 2 aromatic carbocycles. The zero-order valence-corrected chi connectivity index (χ0v) is 14.4. The maximum atomic E-state index is 10.9. The third-order valence-corrected chi connectivity index (χ3v) is 4.33. The summed E-state index contributed by atoms with van der Waals surface area (Å²) >= 11 is 0. The molecule has 2 N–H and O–H groups in total. The summed E-state index contributed by atoms with van der Waals surface area (Å²) in [5.41, 5.74) is 8.32. The highest BCUT2D eigenvalue weighted by Crippen LogP contribution is 2.41. The first-order chi connectivity index (χ1) is 12.6. The molecule has 2 aromatic rings. The van der Waals surface area contributed by atoms with Gasteiger partial charge in [-0.25, -0.2) is 0 Å². The van der Waals surface area contributed by atoms with Gasteiger partial charge in [-0.15, -0.1) is 0 Å². The van der Waals surface area contributed by atoms with Gasteiger partial charge in [0.15, 0.2) is 0 Å². The Morgan fingerprint density at radius 2 is 2.08 bits per heavy atom. The SMILES string of the molecule is CC1(c2c(-c3ccccc3)cccc2C(C#N)OC=O)COCC(N)=N1. The van der Waals surface area contributed by atoms with Crippen LogP contribution >= 0.6 is 0 Å². The van der Waals surface area contributed by atoms with Crippen molar-refractivity contribution in [2.75, 3.05) is 13.2 Å². The molecule has 0 radical (unpaired) electrons. The molecule has 6 nitrogen and oxygen atoms in total. The van der Waals surface area contributed by atoms with Crippen LogP contribution in [-0.4, -0.2) is 25.5 Å². The summed E-state index contributed by atoms with van der Waals surface area (Å²) in [6.45, 7) is 2.76. The summed E-state index contributed by atoms with van der Waals surface area (Å²) in [6, 6.07) is 17.3. The lowest BCUT2D eigenvalue weighted by molar-refractivity contribution is -0.131. The molecular formula is C20H19N3O3. The predicted molar refractivity (Wildman–Crippen MR) is 97.2 cm³/mol. The van der Waals surface area contributed by atoms with E-state index < -0.39 is 11.6 Å². The predicted octanol–water partition coefficient (Wildman–Crippen LogP) is 2.69. The van der Waals surface area contributed by atoms with Crippen molar-refractivity contribution in [1.82, 2.24) is 0 Å². The topological polar surface area (TPSA) is 97.7 Å². The highest BCUT2D eigenvalue weighted by Gasteiger charge is 2.36. The van der Waals surface area contributed by atoms with Gasteiger partial charge in [0.2, 0.25) is 6.10 Å². The minimum atomic E-state index is -1.04. The van der Waals surface area contributed by atoms with Crippen LogP contribution in [0.15, 0.2) is 53.5 Å². The second kappa shape index (κ2) is 7.38. The van der Waals surface area contributed by atoms with Gasteiger partial charge in [-0.1, -0.05) is 48.5 Å². The van der Waals surface area contributed by atoms with Crippen LogP contribution in [0.25, 0.3) is 11.1 Å². The Balaban J connectivity index is 2.29. The van der Waals surface area contributed by atoms with Crippen molar-refractivity contribution in [2.45, 2.75) is 18.6 Å². The number of nitrogens with zero attached hydrogens (tertiary/aromatic N) is 2. The molecule has 1 heterocycles. The minimum Gasteiger partial charge on any atom is -0.444 e. The summed E-state index contributed by atoms with van der Waals surface area (Å²) in [7, 11) is 0. The van der Waals surface area contributed by atoms with E-state index in [0.717, 1.165) is 16.7 Å². The fraction of sp³-hybridized carbons (Fsp3) is 0.250. The molecule has 132 valence electrons. The van der Waals surface area contributed by atoms with Gasteiger partial charge in [0.05, 0.1) is 6.61 Å². The zero-order chi connectivity index (χ0) is 18.6. The van der Waals surface area contributed by atoms with Gasteiger partial charge in [0.25, 0.3) is 6.47 Å². The van der Waals surface area contributed by atoms with E-state index in [2.05, 4.69) is 4.99 Å². The molecule has 2 unspecified atom stereocenters. The monoisotopic (exact) mass is 349 g/mol. The molecule has 0 amide bonds. The van der Waals surface area contributed by atoms with E-state index in [-0.39, 0.29) is 13.1 Å². The van der Waals surface area contributed by atoms with Crippen molar-refractivity contribution in [1.29, 1.82) is 5.26 Å². The molecule has 0 saturated heterocycles. The summed E-state index contributed by atoms with van der Waals surface area (Å²) in [6.07, 6.45) is -1.04. The fourth-order valence-electron chi connectivity index (χ4n) is 3.34. The van der Waals surface area contributed by atoms with Crippen molar-refractivity contribution >= 4 is 12.3 Å². The Bertz CT molecular complexity index is 874. The molecule has 2 atom stereocenters. The Morgan fingerprint density at radius 3 is 2.73 bits per heavy atom. The van der Waals surface area contributed by atoms with E-state index in [1.807, 2.05) is 55.5 Å². The standard InChI is InChI=1S/C20H19N3O3/c1-20(12-25-11-18(22)23-20)19-15(14-6-3-2-4-7-14)8-5-9-16(19)17(10-21)26-13-24/h2-9,13,17H,11-12H2,1H3,(H2,22,23). The van der Waals surface area contributed by atoms with Crippen LogP contribution in [0.4, 0.5) is 0 Å². The third kappa shape index (κ3) is 3.30. The number of carbonyl (C=O) groups excluding carboxylic acids is 1. The molecular weight excluding hydrogens is 330 g/mol. The van der Waals surface area contributed by atoms with Crippen molar-refractivity contribution in [3.63, 3.8) is 0 Å². The first-order valence-electron chi connectivity index (χ1n) is 8.18.